The molecule has 4 rings (SSSR count). The maximum absolute atomic E-state index is 13.2. The predicted molar refractivity (Wildman–Crippen MR) is 151 cm³/mol. The average Bonchev–Trinajstić information content (AvgIpc) is 2.92. The number of sulfonamides is 1. The number of carbonyl (C=O) groups is 1. The van der Waals surface area contributed by atoms with Crippen LogP contribution in [0.5, 0.6) is 5.75 Å². The molecule has 10 heteroatoms. The van der Waals surface area contributed by atoms with Crippen LogP contribution < -0.4 is 19.9 Å². The molecule has 1 aliphatic heterocycles. The molecule has 0 spiro atoms. The Labute approximate surface area is 225 Å². The minimum atomic E-state index is -3.75. The van der Waals surface area contributed by atoms with E-state index in [0.717, 1.165) is 31.9 Å². The van der Waals surface area contributed by atoms with Gasteiger partial charge in [0, 0.05) is 75.6 Å². The second kappa shape index (κ2) is 11.8. The Bertz CT molecular complexity index is 1330. The topological polar surface area (TPSA) is 95.1 Å². The first-order valence-electron chi connectivity index (χ1n) is 12.6. The van der Waals surface area contributed by atoms with Crippen molar-refractivity contribution in [2.75, 3.05) is 62.0 Å². The summed E-state index contributed by atoms with van der Waals surface area (Å²) in [5.41, 5.74) is 4.19. The first kappa shape index (κ1) is 27.4. The molecule has 0 unspecified atom stereocenters. The highest BCUT2D eigenvalue weighted by molar-refractivity contribution is 7.89. The van der Waals surface area contributed by atoms with Crippen molar-refractivity contribution in [3.63, 3.8) is 0 Å². The predicted octanol–water partition coefficient (Wildman–Crippen LogP) is 3.68. The number of methoxy groups -OCH3 is 1. The third kappa shape index (κ3) is 6.25. The molecular weight excluding hydrogens is 502 g/mol. The van der Waals surface area contributed by atoms with E-state index >= 15 is 0 Å². The Morgan fingerprint density at radius 3 is 2.00 bits per heavy atom. The van der Waals surface area contributed by atoms with Gasteiger partial charge in [0.05, 0.1) is 12.0 Å². The van der Waals surface area contributed by atoms with E-state index < -0.39 is 10.0 Å². The molecule has 202 valence electrons. The number of aromatic nitrogens is 1. The second-order valence-corrected chi connectivity index (χ2v) is 11.4. The molecule has 3 aromatic rings. The Morgan fingerprint density at radius 2 is 1.47 bits per heavy atom. The highest BCUT2D eigenvalue weighted by atomic mass is 32.2. The fraction of sp³-hybridized carbons (Fsp3) is 0.357. The fourth-order valence-electron chi connectivity index (χ4n) is 4.73. The number of anilines is 3. The van der Waals surface area contributed by atoms with Gasteiger partial charge in [-0.25, -0.2) is 12.7 Å². The fourth-order valence-corrected chi connectivity index (χ4v) is 6.30. The number of aryl methyl sites for hydroxylation is 2. The van der Waals surface area contributed by atoms with Crippen molar-refractivity contribution in [3.8, 4) is 5.75 Å². The minimum absolute atomic E-state index is 0.0443. The number of hydrogen-bond donors (Lipinski definition) is 1. The van der Waals surface area contributed by atoms with Crippen molar-refractivity contribution in [2.45, 2.75) is 25.2 Å². The van der Waals surface area contributed by atoms with E-state index in [-0.39, 0.29) is 23.8 Å². The van der Waals surface area contributed by atoms with Gasteiger partial charge in [-0.05, 0) is 73.5 Å². The molecule has 1 aromatic heterocycles. The van der Waals surface area contributed by atoms with Gasteiger partial charge in [0.2, 0.25) is 15.9 Å². The summed E-state index contributed by atoms with van der Waals surface area (Å²) < 4.78 is 32.8. The largest absolute Gasteiger partial charge is 0.497 e. The molecule has 0 radical (unpaired) electrons. The molecular formula is C28H35N5O4S. The molecule has 38 heavy (non-hydrogen) atoms. The Morgan fingerprint density at radius 1 is 0.947 bits per heavy atom. The van der Waals surface area contributed by atoms with Crippen molar-refractivity contribution in [2.24, 2.45) is 0 Å². The van der Waals surface area contributed by atoms with Gasteiger partial charge in [0.25, 0.3) is 0 Å². The van der Waals surface area contributed by atoms with Crippen molar-refractivity contribution in [1.82, 2.24) is 9.29 Å². The van der Waals surface area contributed by atoms with Crippen LogP contribution >= 0.6 is 0 Å². The number of nitrogens with one attached hydrogen (secondary N) is 1. The number of carbonyl (C=O) groups excluding carboxylic acids is 1. The van der Waals surface area contributed by atoms with Crippen LogP contribution in [0.4, 0.5) is 17.1 Å². The molecule has 1 saturated heterocycles. The third-order valence-electron chi connectivity index (χ3n) is 6.82. The highest BCUT2D eigenvalue weighted by Gasteiger charge is 2.26. The van der Waals surface area contributed by atoms with Crippen LogP contribution in [-0.2, 0) is 14.8 Å². The Kier molecular flexibility index (Phi) is 8.53. The molecule has 1 N–H and O–H groups in total. The summed E-state index contributed by atoms with van der Waals surface area (Å²) in [6, 6.07) is 15.2. The standard InChI is InChI=1S/C28H35N5O4S/c1-21-19-26(37-4)20-22(2)28(21)38(35,36)31(3)14-11-27(34)30-23-5-7-24(8-6-23)32-15-17-33(18-16-32)25-9-12-29-13-10-25/h5-10,12-13,19-20H,11,14-18H2,1-4H3,(H,30,34). The van der Waals surface area contributed by atoms with Gasteiger partial charge in [0.15, 0.2) is 0 Å². The van der Waals surface area contributed by atoms with E-state index in [1.807, 2.05) is 48.8 Å². The number of pyridine rings is 1. The lowest BCUT2D eigenvalue weighted by molar-refractivity contribution is -0.116. The number of rotatable bonds is 9. The summed E-state index contributed by atoms with van der Waals surface area (Å²) in [4.78, 5) is 21.6. The van der Waals surface area contributed by atoms with Gasteiger partial charge < -0.3 is 19.9 Å². The summed E-state index contributed by atoms with van der Waals surface area (Å²) in [7, 11) is -0.705. The Hall–Kier alpha value is -3.63. The van der Waals surface area contributed by atoms with Crippen LogP contribution in [0, 0.1) is 13.8 Å². The molecule has 0 aliphatic carbocycles. The quantitative estimate of drug-likeness (QED) is 0.445. The second-order valence-electron chi connectivity index (χ2n) is 9.44. The van der Waals surface area contributed by atoms with Crippen LogP contribution in [0.3, 0.4) is 0 Å². The number of benzene rings is 2. The van der Waals surface area contributed by atoms with Crippen LogP contribution in [-0.4, -0.2) is 70.5 Å². The molecule has 0 atom stereocenters. The molecule has 2 aromatic carbocycles. The number of nitrogens with zero attached hydrogens (tertiary/aromatic N) is 4. The molecule has 1 amide bonds. The third-order valence-corrected chi connectivity index (χ3v) is 8.98. The first-order chi connectivity index (χ1) is 18.2. The maximum Gasteiger partial charge on any atom is 0.243 e. The van der Waals surface area contributed by atoms with E-state index in [0.29, 0.717) is 22.6 Å². The van der Waals surface area contributed by atoms with E-state index in [2.05, 4.69) is 20.1 Å². The smallest absolute Gasteiger partial charge is 0.243 e. The Balaban J connectivity index is 1.29. The highest BCUT2D eigenvalue weighted by Crippen LogP contribution is 2.28. The maximum atomic E-state index is 13.2. The number of piperazine rings is 1. The monoisotopic (exact) mass is 537 g/mol. The van der Waals surface area contributed by atoms with Gasteiger partial charge in [-0.2, -0.15) is 0 Å². The molecule has 0 saturated carbocycles. The summed E-state index contributed by atoms with van der Waals surface area (Å²) >= 11 is 0. The molecule has 2 heterocycles. The first-order valence-corrected chi connectivity index (χ1v) is 14.0. The lowest BCUT2D eigenvalue weighted by Gasteiger charge is -2.37. The summed E-state index contributed by atoms with van der Waals surface area (Å²) in [5, 5.41) is 2.88. The van der Waals surface area contributed by atoms with E-state index in [1.165, 1.54) is 17.0 Å². The van der Waals surface area contributed by atoms with E-state index in [1.54, 1.807) is 33.1 Å². The van der Waals surface area contributed by atoms with Crippen LogP contribution in [0.25, 0.3) is 0 Å². The van der Waals surface area contributed by atoms with Crippen LogP contribution in [0.2, 0.25) is 0 Å². The average molecular weight is 538 g/mol. The summed E-state index contributed by atoms with van der Waals surface area (Å²) in [6.45, 7) is 7.22. The van der Waals surface area contributed by atoms with E-state index in [9.17, 15) is 13.2 Å². The van der Waals surface area contributed by atoms with Gasteiger partial charge in [-0.15, -0.1) is 0 Å². The minimum Gasteiger partial charge on any atom is -0.497 e. The molecule has 9 nitrogen and oxygen atoms in total. The van der Waals surface area contributed by atoms with Gasteiger partial charge in [0.1, 0.15) is 5.75 Å². The number of amides is 1. The lowest BCUT2D eigenvalue weighted by atomic mass is 10.1. The van der Waals surface area contributed by atoms with E-state index in [4.69, 9.17) is 4.74 Å². The zero-order valence-corrected chi connectivity index (χ0v) is 23.2. The van der Waals surface area contributed by atoms with Crippen molar-refractivity contribution < 1.29 is 17.9 Å². The van der Waals surface area contributed by atoms with Crippen molar-refractivity contribution in [1.29, 1.82) is 0 Å². The number of ether oxygens (including phenoxy) is 1. The molecule has 1 fully saturated rings. The van der Waals surface area contributed by atoms with Gasteiger partial charge in [-0.1, -0.05) is 0 Å². The number of hydrogen-bond acceptors (Lipinski definition) is 7. The zero-order valence-electron chi connectivity index (χ0n) is 22.3. The normalized spacial score (nSPS) is 14.0. The summed E-state index contributed by atoms with van der Waals surface area (Å²) in [6.07, 6.45) is 3.67. The van der Waals surface area contributed by atoms with Crippen molar-refractivity contribution >= 4 is 33.0 Å². The van der Waals surface area contributed by atoms with Gasteiger partial charge in [-0.3, -0.25) is 9.78 Å². The SMILES string of the molecule is COc1cc(C)c(S(=O)(=O)N(C)CCC(=O)Nc2ccc(N3CCN(c4ccncc4)CC3)cc2)c(C)c1. The van der Waals surface area contributed by atoms with Crippen LogP contribution in [0.15, 0.2) is 65.8 Å². The molecule has 1 aliphatic rings. The molecule has 0 bridgehead atoms. The van der Waals surface area contributed by atoms with Crippen molar-refractivity contribution in [3.05, 3.63) is 72.1 Å². The summed E-state index contributed by atoms with van der Waals surface area (Å²) in [5.74, 6) is 0.369. The zero-order chi connectivity index (χ0) is 27.3. The van der Waals surface area contributed by atoms with Crippen LogP contribution in [0.1, 0.15) is 17.5 Å². The lowest BCUT2D eigenvalue weighted by Crippen LogP contribution is -2.46. The van der Waals surface area contributed by atoms with Gasteiger partial charge >= 0.3 is 0 Å².